The van der Waals surface area contributed by atoms with Crippen molar-refractivity contribution in [3.05, 3.63) is 59.7 Å². The van der Waals surface area contributed by atoms with Crippen LogP contribution in [-0.4, -0.2) is 39.5 Å². The normalized spacial score (nSPS) is 10.5. The van der Waals surface area contributed by atoms with Crippen molar-refractivity contribution in [2.24, 2.45) is 7.05 Å². The summed E-state index contributed by atoms with van der Waals surface area (Å²) in [7, 11) is 3.19. The number of ether oxygens (including phenoxy) is 1. The smallest absolute Gasteiger partial charge is 0.337 e. The Labute approximate surface area is 167 Å². The summed E-state index contributed by atoms with van der Waals surface area (Å²) in [5, 5.41) is 11.9. The van der Waals surface area contributed by atoms with Crippen molar-refractivity contribution in [3.63, 3.8) is 0 Å². The fourth-order valence-electron chi connectivity index (χ4n) is 2.60. The number of nitrogens with one attached hydrogen (secondary N) is 1. The van der Waals surface area contributed by atoms with Crippen LogP contribution in [0.25, 0.3) is 11.4 Å². The molecule has 0 aliphatic heterocycles. The molecule has 2 aromatic carbocycles. The minimum atomic E-state index is -0.447. The molecule has 0 aliphatic carbocycles. The zero-order chi connectivity index (χ0) is 20.1. The van der Waals surface area contributed by atoms with Gasteiger partial charge >= 0.3 is 5.97 Å². The zero-order valence-corrected chi connectivity index (χ0v) is 16.6. The quantitative estimate of drug-likeness (QED) is 0.508. The summed E-state index contributed by atoms with van der Waals surface area (Å²) >= 11 is 1.30. The second-order valence-corrected chi connectivity index (χ2v) is 7.03. The molecule has 0 saturated carbocycles. The molecular formula is C20H20N4O3S. The van der Waals surface area contributed by atoms with Gasteiger partial charge in [0, 0.05) is 18.3 Å². The van der Waals surface area contributed by atoms with E-state index in [9.17, 15) is 9.59 Å². The van der Waals surface area contributed by atoms with E-state index in [0.717, 1.165) is 17.0 Å². The van der Waals surface area contributed by atoms with Crippen LogP contribution in [0.4, 0.5) is 5.69 Å². The third-order valence-electron chi connectivity index (χ3n) is 4.13. The number of benzene rings is 2. The Morgan fingerprint density at radius 1 is 1.14 bits per heavy atom. The van der Waals surface area contributed by atoms with Gasteiger partial charge in [0.25, 0.3) is 0 Å². The summed E-state index contributed by atoms with van der Waals surface area (Å²) in [5.41, 5.74) is 2.79. The first-order valence-electron chi connectivity index (χ1n) is 8.56. The summed E-state index contributed by atoms with van der Waals surface area (Å²) in [6.07, 6.45) is 0. The first-order chi connectivity index (χ1) is 13.5. The molecule has 1 amide bonds. The number of aryl methyl sites for hydroxylation is 1. The van der Waals surface area contributed by atoms with Crippen LogP contribution in [0, 0.1) is 6.92 Å². The molecule has 0 spiro atoms. The number of esters is 1. The van der Waals surface area contributed by atoms with Crippen molar-refractivity contribution >= 4 is 29.3 Å². The predicted molar refractivity (Wildman–Crippen MR) is 108 cm³/mol. The maximum absolute atomic E-state index is 12.4. The van der Waals surface area contributed by atoms with E-state index in [1.807, 2.05) is 48.9 Å². The topological polar surface area (TPSA) is 86.1 Å². The lowest BCUT2D eigenvalue weighted by atomic mass is 10.1. The Hall–Kier alpha value is -3.13. The highest BCUT2D eigenvalue weighted by atomic mass is 32.2. The molecule has 0 saturated heterocycles. The van der Waals surface area contributed by atoms with E-state index < -0.39 is 5.97 Å². The lowest BCUT2D eigenvalue weighted by Crippen LogP contribution is -2.16. The number of methoxy groups -OCH3 is 1. The predicted octanol–water partition coefficient (Wildman–Crippen LogP) is 3.31. The lowest BCUT2D eigenvalue weighted by Gasteiger charge is -2.10. The van der Waals surface area contributed by atoms with Gasteiger partial charge in [-0.15, -0.1) is 10.2 Å². The van der Waals surface area contributed by atoms with E-state index in [1.165, 1.54) is 18.9 Å². The number of aromatic nitrogens is 3. The van der Waals surface area contributed by atoms with Crippen LogP contribution in [0.5, 0.6) is 0 Å². The van der Waals surface area contributed by atoms with Gasteiger partial charge in [-0.3, -0.25) is 4.79 Å². The molecule has 0 radical (unpaired) electrons. The largest absolute Gasteiger partial charge is 0.465 e. The summed E-state index contributed by atoms with van der Waals surface area (Å²) in [4.78, 5) is 24.0. The lowest BCUT2D eigenvalue weighted by molar-refractivity contribution is -0.113. The number of amides is 1. The summed E-state index contributed by atoms with van der Waals surface area (Å²) in [6, 6.07) is 14.8. The monoisotopic (exact) mass is 396 g/mol. The van der Waals surface area contributed by atoms with Gasteiger partial charge in [-0.25, -0.2) is 4.79 Å². The molecule has 144 valence electrons. The molecule has 8 heteroatoms. The molecule has 0 unspecified atom stereocenters. The number of carbonyl (C=O) groups excluding carboxylic acids is 2. The van der Waals surface area contributed by atoms with Crippen molar-refractivity contribution in [2.45, 2.75) is 12.1 Å². The molecule has 1 aromatic heterocycles. The molecule has 0 aliphatic rings. The van der Waals surface area contributed by atoms with E-state index in [1.54, 1.807) is 18.2 Å². The zero-order valence-electron chi connectivity index (χ0n) is 15.8. The number of nitrogens with zero attached hydrogens (tertiary/aromatic N) is 3. The number of thioether (sulfide) groups is 1. The molecule has 3 rings (SSSR count). The Morgan fingerprint density at radius 3 is 2.61 bits per heavy atom. The number of rotatable bonds is 6. The van der Waals surface area contributed by atoms with E-state index in [-0.39, 0.29) is 11.7 Å². The van der Waals surface area contributed by atoms with Gasteiger partial charge < -0.3 is 14.6 Å². The van der Waals surface area contributed by atoms with E-state index >= 15 is 0 Å². The van der Waals surface area contributed by atoms with E-state index in [4.69, 9.17) is 4.74 Å². The van der Waals surface area contributed by atoms with Gasteiger partial charge in [0.1, 0.15) is 0 Å². The van der Waals surface area contributed by atoms with E-state index in [0.29, 0.717) is 16.4 Å². The Bertz CT molecular complexity index is 1000. The van der Waals surface area contributed by atoms with Crippen LogP contribution in [-0.2, 0) is 16.6 Å². The molecule has 0 fully saturated rings. The number of hydrogen-bond acceptors (Lipinski definition) is 6. The molecule has 3 aromatic rings. The summed E-state index contributed by atoms with van der Waals surface area (Å²) in [6.45, 7) is 1.86. The van der Waals surface area contributed by atoms with Crippen LogP contribution < -0.4 is 5.32 Å². The highest BCUT2D eigenvalue weighted by Gasteiger charge is 2.14. The van der Waals surface area contributed by atoms with Gasteiger partial charge in [-0.1, -0.05) is 48.2 Å². The van der Waals surface area contributed by atoms with Crippen molar-refractivity contribution in [1.82, 2.24) is 14.8 Å². The average molecular weight is 396 g/mol. The molecular weight excluding hydrogens is 376 g/mol. The number of hydrogen-bond donors (Lipinski definition) is 1. The van der Waals surface area contributed by atoms with Crippen LogP contribution in [0.1, 0.15) is 15.9 Å². The average Bonchev–Trinajstić information content (AvgIpc) is 3.08. The fraction of sp³-hybridized carbons (Fsp3) is 0.200. The summed E-state index contributed by atoms with van der Waals surface area (Å²) in [5.74, 6) is 0.268. The van der Waals surface area contributed by atoms with Gasteiger partial charge in [0.15, 0.2) is 11.0 Å². The highest BCUT2D eigenvalue weighted by molar-refractivity contribution is 7.99. The maximum atomic E-state index is 12.4. The Morgan fingerprint density at radius 2 is 1.89 bits per heavy atom. The van der Waals surface area contributed by atoms with Gasteiger partial charge in [-0.2, -0.15) is 0 Å². The Kier molecular flexibility index (Phi) is 6.10. The minimum Gasteiger partial charge on any atom is -0.465 e. The van der Waals surface area contributed by atoms with Gasteiger partial charge in [-0.05, 0) is 24.6 Å². The fourth-order valence-corrected chi connectivity index (χ4v) is 3.31. The van der Waals surface area contributed by atoms with E-state index in [2.05, 4.69) is 15.5 Å². The van der Waals surface area contributed by atoms with Crippen molar-refractivity contribution in [1.29, 1.82) is 0 Å². The molecule has 7 nitrogen and oxygen atoms in total. The van der Waals surface area contributed by atoms with Gasteiger partial charge in [0.2, 0.25) is 5.91 Å². The van der Waals surface area contributed by atoms with Crippen LogP contribution in [0.15, 0.2) is 53.7 Å². The summed E-state index contributed by atoms with van der Waals surface area (Å²) < 4.78 is 6.58. The molecule has 0 bridgehead atoms. The number of carbonyl (C=O) groups is 2. The highest BCUT2D eigenvalue weighted by Crippen LogP contribution is 2.23. The van der Waals surface area contributed by atoms with Gasteiger partial charge in [0.05, 0.1) is 18.4 Å². The first kappa shape index (κ1) is 19.6. The maximum Gasteiger partial charge on any atom is 0.337 e. The standard InChI is InChI=1S/C20H20N4O3S/c1-13-9-10-15(19(26)27-3)11-16(13)21-17(25)12-28-20-23-22-18(24(20)2)14-7-5-4-6-8-14/h4-11H,12H2,1-3H3,(H,21,25). The third kappa shape index (κ3) is 4.40. The second-order valence-electron chi connectivity index (χ2n) is 6.09. The van der Waals surface area contributed by atoms with Crippen molar-refractivity contribution in [3.8, 4) is 11.4 Å². The van der Waals surface area contributed by atoms with Crippen LogP contribution >= 0.6 is 11.8 Å². The number of anilines is 1. The first-order valence-corrected chi connectivity index (χ1v) is 9.54. The molecule has 1 heterocycles. The third-order valence-corrected chi connectivity index (χ3v) is 5.15. The van der Waals surface area contributed by atoms with Crippen LogP contribution in [0.2, 0.25) is 0 Å². The Balaban J connectivity index is 1.66. The van der Waals surface area contributed by atoms with Crippen molar-refractivity contribution in [2.75, 3.05) is 18.2 Å². The second kappa shape index (κ2) is 8.71. The molecule has 28 heavy (non-hydrogen) atoms. The van der Waals surface area contributed by atoms with Crippen LogP contribution in [0.3, 0.4) is 0 Å². The minimum absolute atomic E-state index is 0.169. The molecule has 1 N–H and O–H groups in total. The molecule has 0 atom stereocenters. The van der Waals surface area contributed by atoms with Crippen molar-refractivity contribution < 1.29 is 14.3 Å². The SMILES string of the molecule is COC(=O)c1ccc(C)c(NC(=O)CSc2nnc(-c3ccccc3)n2C)c1.